The second-order valence-corrected chi connectivity index (χ2v) is 5.37. The van der Waals surface area contributed by atoms with Gasteiger partial charge in [0.05, 0.1) is 18.6 Å². The van der Waals surface area contributed by atoms with Gasteiger partial charge >= 0.3 is 0 Å². The SMILES string of the molecule is SC(/C=C/C1CCCCC1)N1CCOCC1. The Kier molecular flexibility index (Phi) is 5.20. The number of hydrogen-bond acceptors (Lipinski definition) is 3. The zero-order valence-corrected chi connectivity index (χ0v) is 10.9. The molecule has 1 saturated carbocycles. The first-order valence-corrected chi connectivity index (χ1v) is 7.06. The molecule has 0 aromatic heterocycles. The molecule has 1 heterocycles. The normalized spacial score (nSPS) is 27.3. The van der Waals surface area contributed by atoms with Crippen LogP contribution in [0.4, 0.5) is 0 Å². The van der Waals surface area contributed by atoms with Gasteiger partial charge in [0.25, 0.3) is 0 Å². The first kappa shape index (κ1) is 12.5. The van der Waals surface area contributed by atoms with Crippen molar-refractivity contribution < 1.29 is 4.74 Å². The summed E-state index contributed by atoms with van der Waals surface area (Å²) in [6, 6.07) is 0. The van der Waals surface area contributed by atoms with Crippen LogP contribution < -0.4 is 0 Å². The number of nitrogens with zero attached hydrogens (tertiary/aromatic N) is 1. The molecular formula is C13H23NOS. The van der Waals surface area contributed by atoms with Crippen LogP contribution in [0.25, 0.3) is 0 Å². The highest BCUT2D eigenvalue weighted by molar-refractivity contribution is 7.81. The largest absolute Gasteiger partial charge is 0.379 e. The monoisotopic (exact) mass is 241 g/mol. The third-order valence-electron chi connectivity index (χ3n) is 3.63. The zero-order chi connectivity index (χ0) is 11.2. The molecule has 0 spiro atoms. The molecule has 0 bridgehead atoms. The molecule has 1 atom stereocenters. The van der Waals surface area contributed by atoms with Gasteiger partial charge in [-0.15, -0.1) is 0 Å². The quantitative estimate of drug-likeness (QED) is 0.602. The first-order valence-electron chi connectivity index (χ1n) is 6.54. The Bertz CT molecular complexity index is 220. The van der Waals surface area contributed by atoms with Gasteiger partial charge in [-0.25, -0.2) is 0 Å². The lowest BCUT2D eigenvalue weighted by molar-refractivity contribution is 0.0389. The van der Waals surface area contributed by atoms with Crippen molar-refractivity contribution in [3.63, 3.8) is 0 Å². The Morgan fingerprint density at radius 3 is 2.50 bits per heavy atom. The van der Waals surface area contributed by atoms with E-state index in [2.05, 4.69) is 29.7 Å². The minimum Gasteiger partial charge on any atom is -0.379 e. The van der Waals surface area contributed by atoms with E-state index in [1.807, 2.05) is 0 Å². The van der Waals surface area contributed by atoms with Crippen LogP contribution in [0, 0.1) is 5.92 Å². The number of thiol groups is 1. The van der Waals surface area contributed by atoms with Crippen molar-refractivity contribution in [2.45, 2.75) is 37.5 Å². The fraction of sp³-hybridized carbons (Fsp3) is 0.846. The Morgan fingerprint density at radius 2 is 1.81 bits per heavy atom. The predicted molar refractivity (Wildman–Crippen MR) is 70.9 cm³/mol. The number of hydrogen-bond donors (Lipinski definition) is 1. The van der Waals surface area contributed by atoms with E-state index in [0.29, 0.717) is 0 Å². The summed E-state index contributed by atoms with van der Waals surface area (Å²) in [5.74, 6) is 0.810. The molecule has 2 nitrogen and oxygen atoms in total. The van der Waals surface area contributed by atoms with E-state index in [1.165, 1.54) is 32.1 Å². The highest BCUT2D eigenvalue weighted by atomic mass is 32.1. The summed E-state index contributed by atoms with van der Waals surface area (Å²) in [5.41, 5.74) is 0. The summed E-state index contributed by atoms with van der Waals surface area (Å²) in [7, 11) is 0. The van der Waals surface area contributed by atoms with Gasteiger partial charge in [-0.3, -0.25) is 4.90 Å². The molecule has 16 heavy (non-hydrogen) atoms. The van der Waals surface area contributed by atoms with E-state index in [1.54, 1.807) is 0 Å². The van der Waals surface area contributed by atoms with Gasteiger partial charge in [0.2, 0.25) is 0 Å². The van der Waals surface area contributed by atoms with E-state index >= 15 is 0 Å². The lowest BCUT2D eigenvalue weighted by atomic mass is 9.89. The molecule has 0 N–H and O–H groups in total. The maximum absolute atomic E-state index is 5.34. The molecule has 2 fully saturated rings. The van der Waals surface area contributed by atoms with Crippen LogP contribution in [0.5, 0.6) is 0 Å². The van der Waals surface area contributed by atoms with Crippen molar-refractivity contribution in [1.29, 1.82) is 0 Å². The van der Waals surface area contributed by atoms with Gasteiger partial charge in [0.15, 0.2) is 0 Å². The summed E-state index contributed by atoms with van der Waals surface area (Å²) in [6.07, 6.45) is 11.7. The Morgan fingerprint density at radius 1 is 1.12 bits per heavy atom. The highest BCUT2D eigenvalue weighted by Crippen LogP contribution is 2.25. The van der Waals surface area contributed by atoms with E-state index in [4.69, 9.17) is 4.74 Å². The van der Waals surface area contributed by atoms with Gasteiger partial charge < -0.3 is 4.74 Å². The van der Waals surface area contributed by atoms with E-state index in [-0.39, 0.29) is 5.37 Å². The second kappa shape index (κ2) is 6.67. The highest BCUT2D eigenvalue weighted by Gasteiger charge is 2.16. The number of rotatable bonds is 3. The van der Waals surface area contributed by atoms with Crippen molar-refractivity contribution in [2.75, 3.05) is 26.3 Å². The third kappa shape index (κ3) is 3.79. The molecule has 0 radical (unpaired) electrons. The van der Waals surface area contributed by atoms with Crippen LogP contribution in [0.3, 0.4) is 0 Å². The topological polar surface area (TPSA) is 12.5 Å². The average molecular weight is 241 g/mol. The van der Waals surface area contributed by atoms with Gasteiger partial charge in [0.1, 0.15) is 0 Å². The van der Waals surface area contributed by atoms with Crippen LogP contribution in [-0.4, -0.2) is 36.6 Å². The van der Waals surface area contributed by atoms with Crippen LogP contribution in [0.15, 0.2) is 12.2 Å². The summed E-state index contributed by atoms with van der Waals surface area (Å²) in [5, 5.41) is 0.283. The number of ether oxygens (including phenoxy) is 1. The van der Waals surface area contributed by atoms with E-state index < -0.39 is 0 Å². The maximum Gasteiger partial charge on any atom is 0.0716 e. The Hall–Kier alpha value is 0.01000. The molecule has 0 amide bonds. The van der Waals surface area contributed by atoms with Crippen molar-refractivity contribution in [2.24, 2.45) is 5.92 Å². The van der Waals surface area contributed by atoms with Gasteiger partial charge in [-0.1, -0.05) is 31.4 Å². The van der Waals surface area contributed by atoms with Crippen molar-refractivity contribution in [3.05, 3.63) is 12.2 Å². The molecular weight excluding hydrogens is 218 g/mol. The average Bonchev–Trinajstić information content (AvgIpc) is 2.38. The maximum atomic E-state index is 5.34. The minimum absolute atomic E-state index is 0.283. The van der Waals surface area contributed by atoms with Crippen LogP contribution >= 0.6 is 12.6 Å². The standard InChI is InChI=1S/C13H23NOS/c16-13(14-8-10-15-11-9-14)7-6-12-4-2-1-3-5-12/h6-7,12-13,16H,1-5,8-11H2/b7-6+. The van der Waals surface area contributed by atoms with Crippen LogP contribution in [0.1, 0.15) is 32.1 Å². The van der Waals surface area contributed by atoms with Gasteiger partial charge in [-0.05, 0) is 18.8 Å². The molecule has 0 aromatic rings. The van der Waals surface area contributed by atoms with Crippen molar-refractivity contribution in [3.8, 4) is 0 Å². The van der Waals surface area contributed by atoms with E-state index in [0.717, 1.165) is 32.2 Å². The molecule has 1 saturated heterocycles. The zero-order valence-electron chi connectivity index (χ0n) is 9.98. The number of allylic oxidation sites excluding steroid dienone is 1. The molecule has 1 unspecified atom stereocenters. The first-order chi connectivity index (χ1) is 7.86. The van der Waals surface area contributed by atoms with Crippen molar-refractivity contribution >= 4 is 12.6 Å². The second-order valence-electron chi connectivity index (χ2n) is 4.84. The fourth-order valence-electron chi connectivity index (χ4n) is 2.55. The molecule has 1 aliphatic carbocycles. The number of morpholine rings is 1. The molecule has 3 heteroatoms. The summed E-state index contributed by atoms with van der Waals surface area (Å²) in [6.45, 7) is 3.75. The third-order valence-corrected chi connectivity index (χ3v) is 4.12. The molecule has 92 valence electrons. The lowest BCUT2D eigenvalue weighted by Gasteiger charge is -2.30. The molecule has 2 aliphatic rings. The Labute approximate surface area is 104 Å². The molecule has 1 aliphatic heterocycles. The van der Waals surface area contributed by atoms with Gasteiger partial charge in [-0.2, -0.15) is 12.6 Å². The van der Waals surface area contributed by atoms with Crippen LogP contribution in [-0.2, 0) is 4.74 Å². The van der Waals surface area contributed by atoms with Crippen LogP contribution in [0.2, 0.25) is 0 Å². The van der Waals surface area contributed by atoms with Gasteiger partial charge in [0, 0.05) is 13.1 Å². The smallest absolute Gasteiger partial charge is 0.0716 e. The predicted octanol–water partition coefficient (Wildman–Crippen LogP) is 2.71. The molecule has 0 aromatic carbocycles. The summed E-state index contributed by atoms with van der Waals surface area (Å²) in [4.78, 5) is 2.38. The van der Waals surface area contributed by atoms with E-state index in [9.17, 15) is 0 Å². The Balaban J connectivity index is 1.75. The summed E-state index contributed by atoms with van der Waals surface area (Å²) < 4.78 is 5.34. The minimum atomic E-state index is 0.283. The molecule has 2 rings (SSSR count). The fourth-order valence-corrected chi connectivity index (χ4v) is 2.88. The summed E-state index contributed by atoms with van der Waals surface area (Å²) >= 11 is 4.66. The lowest BCUT2D eigenvalue weighted by Crippen LogP contribution is -2.40. The van der Waals surface area contributed by atoms with Crippen molar-refractivity contribution in [1.82, 2.24) is 4.90 Å².